The Labute approximate surface area is 112 Å². The average Bonchev–Trinajstić information content (AvgIpc) is 2.37. The van der Waals surface area contributed by atoms with Crippen molar-refractivity contribution in [3.05, 3.63) is 22.7 Å². The minimum atomic E-state index is 0.484. The standard InChI is InChI=1S/C12H18ClNO4/c1-15-4-5-18-14-8-9-6-10(13)12(17-3)11(7-9)16-2/h6-7,14H,4-5,8H2,1-3H3. The van der Waals surface area contributed by atoms with Gasteiger partial charge < -0.3 is 14.2 Å². The molecule has 0 spiro atoms. The predicted octanol–water partition coefficient (Wildman–Crippen LogP) is 2.02. The van der Waals surface area contributed by atoms with Crippen LogP contribution in [0.3, 0.4) is 0 Å². The summed E-state index contributed by atoms with van der Waals surface area (Å²) in [5, 5.41) is 0.505. The minimum absolute atomic E-state index is 0.484. The van der Waals surface area contributed by atoms with Gasteiger partial charge in [-0.25, -0.2) is 0 Å². The van der Waals surface area contributed by atoms with E-state index in [4.69, 9.17) is 30.6 Å². The molecule has 5 nitrogen and oxygen atoms in total. The molecule has 0 saturated carbocycles. The fourth-order valence-electron chi connectivity index (χ4n) is 1.40. The SMILES string of the molecule is COCCONCc1cc(Cl)c(OC)c(OC)c1. The largest absolute Gasteiger partial charge is 0.493 e. The van der Waals surface area contributed by atoms with E-state index in [9.17, 15) is 0 Å². The lowest BCUT2D eigenvalue weighted by Gasteiger charge is -2.12. The second-order valence-electron chi connectivity index (χ2n) is 3.48. The van der Waals surface area contributed by atoms with Crippen LogP contribution in [0.2, 0.25) is 5.02 Å². The van der Waals surface area contributed by atoms with E-state index in [1.165, 1.54) is 0 Å². The Morgan fingerprint density at radius 2 is 1.89 bits per heavy atom. The zero-order valence-corrected chi connectivity index (χ0v) is 11.5. The number of hydrogen-bond donors (Lipinski definition) is 1. The van der Waals surface area contributed by atoms with Crippen LogP contribution < -0.4 is 15.0 Å². The molecule has 1 rings (SSSR count). The van der Waals surface area contributed by atoms with E-state index in [2.05, 4.69) is 5.48 Å². The molecule has 1 N–H and O–H groups in total. The Morgan fingerprint density at radius 1 is 1.11 bits per heavy atom. The van der Waals surface area contributed by atoms with Gasteiger partial charge in [-0.05, 0) is 17.7 Å². The smallest absolute Gasteiger partial charge is 0.179 e. The van der Waals surface area contributed by atoms with Crippen LogP contribution in [0.4, 0.5) is 0 Å². The van der Waals surface area contributed by atoms with Crippen molar-refractivity contribution >= 4 is 11.6 Å². The molecule has 18 heavy (non-hydrogen) atoms. The molecular weight excluding hydrogens is 258 g/mol. The van der Waals surface area contributed by atoms with Gasteiger partial charge >= 0.3 is 0 Å². The van der Waals surface area contributed by atoms with E-state index in [1.807, 2.05) is 6.07 Å². The number of halogens is 1. The van der Waals surface area contributed by atoms with Crippen molar-refractivity contribution in [3.8, 4) is 11.5 Å². The number of nitrogens with one attached hydrogen (secondary N) is 1. The first-order chi connectivity index (χ1) is 8.72. The first-order valence-electron chi connectivity index (χ1n) is 5.47. The summed E-state index contributed by atoms with van der Waals surface area (Å²) in [5.41, 5.74) is 3.76. The van der Waals surface area contributed by atoms with Crippen molar-refractivity contribution in [3.63, 3.8) is 0 Å². The van der Waals surface area contributed by atoms with Gasteiger partial charge in [0.2, 0.25) is 0 Å². The second kappa shape index (κ2) is 8.16. The van der Waals surface area contributed by atoms with Crippen molar-refractivity contribution in [1.29, 1.82) is 0 Å². The molecule has 6 heteroatoms. The van der Waals surface area contributed by atoms with Crippen LogP contribution in [0.15, 0.2) is 12.1 Å². The van der Waals surface area contributed by atoms with E-state index in [-0.39, 0.29) is 0 Å². The molecule has 1 aromatic rings. The zero-order chi connectivity index (χ0) is 13.4. The van der Waals surface area contributed by atoms with Gasteiger partial charge in [-0.2, -0.15) is 5.48 Å². The monoisotopic (exact) mass is 275 g/mol. The lowest BCUT2D eigenvalue weighted by atomic mass is 10.2. The predicted molar refractivity (Wildman–Crippen MR) is 69.2 cm³/mol. The van der Waals surface area contributed by atoms with Crippen LogP contribution >= 0.6 is 11.6 Å². The third kappa shape index (κ3) is 4.34. The third-order valence-corrected chi connectivity index (χ3v) is 2.54. The van der Waals surface area contributed by atoms with Crippen molar-refractivity contribution in [2.75, 3.05) is 34.5 Å². The number of benzene rings is 1. The Kier molecular flexibility index (Phi) is 6.82. The zero-order valence-electron chi connectivity index (χ0n) is 10.8. The molecular formula is C12H18ClNO4. The third-order valence-electron chi connectivity index (χ3n) is 2.26. The molecule has 0 fully saturated rings. The van der Waals surface area contributed by atoms with Gasteiger partial charge in [-0.1, -0.05) is 11.6 Å². The Balaban J connectivity index is 2.58. The summed E-state index contributed by atoms with van der Waals surface area (Å²) in [7, 11) is 4.74. The molecule has 0 saturated heterocycles. The van der Waals surface area contributed by atoms with Gasteiger partial charge in [-0.3, -0.25) is 4.84 Å². The molecule has 0 aliphatic heterocycles. The molecule has 0 amide bonds. The molecule has 0 atom stereocenters. The summed E-state index contributed by atoms with van der Waals surface area (Å²) in [6, 6.07) is 3.65. The van der Waals surface area contributed by atoms with Crippen molar-refractivity contribution < 1.29 is 19.0 Å². The van der Waals surface area contributed by atoms with Crippen LogP contribution in [0.1, 0.15) is 5.56 Å². The van der Waals surface area contributed by atoms with Gasteiger partial charge in [0.25, 0.3) is 0 Å². The number of hydroxylamine groups is 1. The maximum Gasteiger partial charge on any atom is 0.179 e. The Bertz CT molecular complexity index is 373. The fourth-order valence-corrected chi connectivity index (χ4v) is 1.72. The highest BCUT2D eigenvalue weighted by molar-refractivity contribution is 6.32. The van der Waals surface area contributed by atoms with Crippen molar-refractivity contribution in [1.82, 2.24) is 5.48 Å². The summed E-state index contributed by atoms with van der Waals surface area (Å²) in [5.74, 6) is 1.13. The van der Waals surface area contributed by atoms with Crippen molar-refractivity contribution in [2.24, 2.45) is 0 Å². The maximum atomic E-state index is 6.08. The molecule has 0 radical (unpaired) electrons. The molecule has 102 valence electrons. The number of hydrogen-bond acceptors (Lipinski definition) is 5. The highest BCUT2D eigenvalue weighted by atomic mass is 35.5. The van der Waals surface area contributed by atoms with Crippen LogP contribution in [0.5, 0.6) is 11.5 Å². The molecule has 0 bridgehead atoms. The highest BCUT2D eigenvalue weighted by Crippen LogP contribution is 2.35. The fraction of sp³-hybridized carbons (Fsp3) is 0.500. The quantitative estimate of drug-likeness (QED) is 0.581. The Hall–Kier alpha value is -1.01. The molecule has 0 aliphatic carbocycles. The van der Waals surface area contributed by atoms with E-state index in [1.54, 1.807) is 27.4 Å². The number of ether oxygens (including phenoxy) is 3. The van der Waals surface area contributed by atoms with Gasteiger partial charge in [0.1, 0.15) is 0 Å². The van der Waals surface area contributed by atoms with Crippen LogP contribution in [-0.2, 0) is 16.1 Å². The van der Waals surface area contributed by atoms with E-state index in [0.29, 0.717) is 36.3 Å². The second-order valence-corrected chi connectivity index (χ2v) is 3.88. The number of rotatable bonds is 8. The van der Waals surface area contributed by atoms with Crippen LogP contribution in [0.25, 0.3) is 0 Å². The molecule has 0 aliphatic rings. The summed E-state index contributed by atoms with van der Waals surface area (Å²) in [6.45, 7) is 1.54. The molecule has 0 heterocycles. The summed E-state index contributed by atoms with van der Waals surface area (Å²) >= 11 is 6.08. The topological polar surface area (TPSA) is 49.0 Å². The molecule has 0 unspecified atom stereocenters. The first kappa shape index (κ1) is 15.0. The maximum absolute atomic E-state index is 6.08. The summed E-state index contributed by atoms with van der Waals surface area (Å²) in [4.78, 5) is 5.16. The Morgan fingerprint density at radius 3 is 2.50 bits per heavy atom. The van der Waals surface area contributed by atoms with Crippen LogP contribution in [0, 0.1) is 0 Å². The molecule has 1 aromatic carbocycles. The highest BCUT2D eigenvalue weighted by Gasteiger charge is 2.10. The van der Waals surface area contributed by atoms with Crippen LogP contribution in [-0.4, -0.2) is 34.5 Å². The molecule has 0 aromatic heterocycles. The van der Waals surface area contributed by atoms with E-state index in [0.717, 1.165) is 5.56 Å². The van der Waals surface area contributed by atoms with E-state index >= 15 is 0 Å². The lowest BCUT2D eigenvalue weighted by molar-refractivity contribution is 0.00344. The normalized spacial score (nSPS) is 10.4. The van der Waals surface area contributed by atoms with Gasteiger partial charge in [0.05, 0.1) is 32.5 Å². The summed E-state index contributed by atoms with van der Waals surface area (Å²) < 4.78 is 15.2. The lowest BCUT2D eigenvalue weighted by Crippen LogP contribution is -2.17. The van der Waals surface area contributed by atoms with Gasteiger partial charge in [-0.15, -0.1) is 0 Å². The van der Waals surface area contributed by atoms with E-state index < -0.39 is 0 Å². The van der Waals surface area contributed by atoms with Gasteiger partial charge in [0, 0.05) is 13.7 Å². The first-order valence-corrected chi connectivity index (χ1v) is 5.84. The minimum Gasteiger partial charge on any atom is -0.493 e. The van der Waals surface area contributed by atoms with Gasteiger partial charge in [0.15, 0.2) is 11.5 Å². The average molecular weight is 276 g/mol. The summed E-state index contributed by atoms with van der Waals surface area (Å²) in [6.07, 6.45) is 0. The number of methoxy groups -OCH3 is 3. The van der Waals surface area contributed by atoms with Crippen molar-refractivity contribution in [2.45, 2.75) is 6.54 Å².